The minimum Gasteiger partial charge on any atom is -0.357 e. The lowest BCUT2D eigenvalue weighted by molar-refractivity contribution is -0.0496. The summed E-state index contributed by atoms with van der Waals surface area (Å²) in [7, 11) is -5.25. The van der Waals surface area contributed by atoms with Crippen molar-refractivity contribution in [3.8, 4) is 0 Å². The van der Waals surface area contributed by atoms with Crippen LogP contribution in [0.3, 0.4) is 0 Å². The van der Waals surface area contributed by atoms with Crippen molar-refractivity contribution < 1.29 is 26.1 Å². The summed E-state index contributed by atoms with van der Waals surface area (Å²) in [6, 6.07) is 0. The highest BCUT2D eigenvalue weighted by molar-refractivity contribution is 14.0. The standard InChI is InChI=1S/C14H23F3N6O3S.HI/c1-3-18-13(20-9-12-21-10(2)26-22-12)19-8-11-4-6-23(7-5-11)27(24,25)14(15,16)17;/h11H,3-9H2,1-2H3,(H2,18,19,20);1H. The van der Waals surface area contributed by atoms with Crippen LogP contribution in [0.1, 0.15) is 31.5 Å². The maximum atomic E-state index is 12.6. The van der Waals surface area contributed by atoms with E-state index in [0.29, 0.717) is 47.9 Å². The zero-order valence-electron chi connectivity index (χ0n) is 15.5. The van der Waals surface area contributed by atoms with Crippen LogP contribution >= 0.6 is 24.0 Å². The van der Waals surface area contributed by atoms with Gasteiger partial charge in [0.15, 0.2) is 11.8 Å². The molecule has 1 aromatic rings. The summed E-state index contributed by atoms with van der Waals surface area (Å²) in [5.74, 6) is 1.44. The smallest absolute Gasteiger partial charge is 0.357 e. The van der Waals surface area contributed by atoms with Gasteiger partial charge >= 0.3 is 15.5 Å². The van der Waals surface area contributed by atoms with Crippen molar-refractivity contribution in [1.82, 2.24) is 25.1 Å². The van der Waals surface area contributed by atoms with Crippen LogP contribution in [0, 0.1) is 12.8 Å². The van der Waals surface area contributed by atoms with Crippen LogP contribution in [-0.4, -0.2) is 60.5 Å². The quantitative estimate of drug-likeness (QED) is 0.321. The molecular formula is C14H24F3IN6O3S. The summed E-state index contributed by atoms with van der Waals surface area (Å²) in [4.78, 5) is 8.37. The van der Waals surface area contributed by atoms with Crippen molar-refractivity contribution in [2.75, 3.05) is 26.2 Å². The van der Waals surface area contributed by atoms with Crippen molar-refractivity contribution >= 4 is 40.0 Å². The monoisotopic (exact) mass is 540 g/mol. The number of hydrogen-bond donors (Lipinski definition) is 2. The summed E-state index contributed by atoms with van der Waals surface area (Å²) in [5.41, 5.74) is -5.25. The maximum absolute atomic E-state index is 12.6. The number of rotatable bonds is 6. The number of nitrogens with one attached hydrogen (secondary N) is 2. The number of alkyl halides is 3. The van der Waals surface area contributed by atoms with Crippen LogP contribution in [0.25, 0.3) is 0 Å². The molecule has 0 unspecified atom stereocenters. The van der Waals surface area contributed by atoms with Gasteiger partial charge in [-0.05, 0) is 25.7 Å². The number of aryl methyl sites for hydroxylation is 1. The van der Waals surface area contributed by atoms with Crippen LogP contribution < -0.4 is 10.6 Å². The van der Waals surface area contributed by atoms with Gasteiger partial charge in [0.1, 0.15) is 6.54 Å². The van der Waals surface area contributed by atoms with E-state index in [-0.39, 0.29) is 49.5 Å². The van der Waals surface area contributed by atoms with E-state index < -0.39 is 15.5 Å². The van der Waals surface area contributed by atoms with E-state index in [9.17, 15) is 21.6 Å². The van der Waals surface area contributed by atoms with E-state index >= 15 is 0 Å². The molecule has 2 N–H and O–H groups in total. The van der Waals surface area contributed by atoms with E-state index in [1.54, 1.807) is 6.92 Å². The summed E-state index contributed by atoms with van der Waals surface area (Å²) in [6.07, 6.45) is 0.678. The minimum atomic E-state index is -5.25. The van der Waals surface area contributed by atoms with Crippen LogP contribution in [0.15, 0.2) is 9.52 Å². The minimum absolute atomic E-state index is 0. The van der Waals surface area contributed by atoms with Gasteiger partial charge in [0, 0.05) is 33.1 Å². The fourth-order valence-electron chi connectivity index (χ4n) is 2.64. The Bertz CT molecular complexity index is 748. The number of aromatic nitrogens is 2. The normalized spacial score (nSPS) is 17.2. The third-order valence-corrected chi connectivity index (χ3v) is 5.69. The Morgan fingerprint density at radius 1 is 1.32 bits per heavy atom. The summed E-state index contributed by atoms with van der Waals surface area (Å²) in [5, 5.41) is 9.91. The first kappa shape index (κ1) is 24.9. The van der Waals surface area contributed by atoms with Gasteiger partial charge in [-0.15, -0.1) is 24.0 Å². The first-order chi connectivity index (χ1) is 12.6. The van der Waals surface area contributed by atoms with Crippen molar-refractivity contribution in [1.29, 1.82) is 0 Å². The van der Waals surface area contributed by atoms with Gasteiger partial charge in [0.2, 0.25) is 5.89 Å². The van der Waals surface area contributed by atoms with Gasteiger partial charge < -0.3 is 15.2 Å². The summed E-state index contributed by atoms with van der Waals surface area (Å²) in [6.45, 7) is 4.59. The third kappa shape index (κ3) is 6.72. The number of guanidine groups is 1. The number of sulfonamides is 1. The maximum Gasteiger partial charge on any atom is 0.511 e. The number of aliphatic imine (C=N–C) groups is 1. The molecule has 1 aliphatic rings. The molecule has 2 heterocycles. The fraction of sp³-hybridized carbons (Fsp3) is 0.786. The molecule has 0 saturated carbocycles. The highest BCUT2D eigenvalue weighted by Crippen LogP contribution is 2.30. The molecule has 9 nitrogen and oxygen atoms in total. The van der Waals surface area contributed by atoms with Crippen LogP contribution in [-0.2, 0) is 16.6 Å². The average Bonchev–Trinajstić information content (AvgIpc) is 3.02. The van der Waals surface area contributed by atoms with Gasteiger partial charge in [0.25, 0.3) is 0 Å². The zero-order valence-corrected chi connectivity index (χ0v) is 18.6. The van der Waals surface area contributed by atoms with E-state index in [0.717, 1.165) is 0 Å². The predicted octanol–water partition coefficient (Wildman–Crippen LogP) is 1.61. The highest BCUT2D eigenvalue weighted by atomic mass is 127. The second-order valence-electron chi connectivity index (χ2n) is 6.10. The molecule has 28 heavy (non-hydrogen) atoms. The summed E-state index contributed by atoms with van der Waals surface area (Å²) >= 11 is 0. The molecule has 1 aliphatic heterocycles. The largest absolute Gasteiger partial charge is 0.511 e. The molecule has 0 atom stereocenters. The Hall–Kier alpha value is -1.16. The van der Waals surface area contributed by atoms with E-state index in [1.807, 2.05) is 6.92 Å². The number of nitrogens with zero attached hydrogens (tertiary/aromatic N) is 4. The Morgan fingerprint density at radius 2 is 1.96 bits per heavy atom. The molecule has 0 radical (unpaired) electrons. The van der Waals surface area contributed by atoms with Gasteiger partial charge in [0.05, 0.1) is 0 Å². The Labute approximate surface area is 178 Å². The SMILES string of the molecule is CCNC(=NCc1noc(C)n1)NCC1CCN(S(=O)(=O)C(F)(F)F)CC1.I. The summed E-state index contributed by atoms with van der Waals surface area (Å²) < 4.78 is 66.0. The van der Waals surface area contributed by atoms with Crippen molar-refractivity contribution in [2.45, 2.75) is 38.7 Å². The van der Waals surface area contributed by atoms with Crippen LogP contribution in [0.2, 0.25) is 0 Å². The molecule has 0 bridgehead atoms. The lowest BCUT2D eigenvalue weighted by Crippen LogP contribution is -2.47. The van der Waals surface area contributed by atoms with Gasteiger partial charge in [-0.1, -0.05) is 5.16 Å². The Kier molecular flexibility index (Phi) is 9.39. The average molecular weight is 540 g/mol. The van der Waals surface area contributed by atoms with Crippen LogP contribution in [0.5, 0.6) is 0 Å². The molecule has 2 rings (SSSR count). The molecule has 14 heteroatoms. The van der Waals surface area contributed by atoms with Gasteiger partial charge in [-0.25, -0.2) is 13.4 Å². The van der Waals surface area contributed by atoms with E-state index in [4.69, 9.17) is 4.52 Å². The fourth-order valence-corrected chi connectivity index (χ4v) is 3.62. The predicted molar refractivity (Wildman–Crippen MR) is 107 cm³/mol. The Balaban J connectivity index is 0.00000392. The molecule has 162 valence electrons. The molecular weight excluding hydrogens is 516 g/mol. The molecule has 1 saturated heterocycles. The lowest BCUT2D eigenvalue weighted by atomic mass is 9.98. The van der Waals surface area contributed by atoms with Crippen molar-refractivity contribution in [3.05, 3.63) is 11.7 Å². The number of hydrogen-bond acceptors (Lipinski definition) is 6. The first-order valence-corrected chi connectivity index (χ1v) is 9.95. The molecule has 0 amide bonds. The lowest BCUT2D eigenvalue weighted by Gasteiger charge is -2.31. The molecule has 0 aliphatic carbocycles. The molecule has 0 spiro atoms. The molecule has 1 aromatic heterocycles. The topological polar surface area (TPSA) is 113 Å². The number of halogens is 4. The Morgan fingerprint density at radius 3 is 2.46 bits per heavy atom. The van der Waals surface area contributed by atoms with E-state index in [1.165, 1.54) is 0 Å². The third-order valence-electron chi connectivity index (χ3n) is 4.06. The van der Waals surface area contributed by atoms with Crippen molar-refractivity contribution in [2.24, 2.45) is 10.9 Å². The highest BCUT2D eigenvalue weighted by Gasteiger charge is 2.50. The van der Waals surface area contributed by atoms with Gasteiger partial charge in [-0.2, -0.15) is 22.5 Å². The van der Waals surface area contributed by atoms with Crippen LogP contribution in [0.4, 0.5) is 13.2 Å². The number of piperidine rings is 1. The second kappa shape index (κ2) is 10.6. The van der Waals surface area contributed by atoms with Crippen molar-refractivity contribution in [3.63, 3.8) is 0 Å². The van der Waals surface area contributed by atoms with E-state index in [2.05, 4.69) is 25.8 Å². The molecule has 0 aromatic carbocycles. The zero-order chi connectivity index (χ0) is 20.1. The second-order valence-corrected chi connectivity index (χ2v) is 8.03. The van der Waals surface area contributed by atoms with Gasteiger partial charge in [-0.3, -0.25) is 0 Å². The first-order valence-electron chi connectivity index (χ1n) is 8.51. The molecule has 1 fully saturated rings.